The number of rotatable bonds is 5. The number of nitrogens with zero attached hydrogens (tertiary/aromatic N) is 2. The molecule has 2 rings (SSSR count). The number of halogens is 1. The summed E-state index contributed by atoms with van der Waals surface area (Å²) in [5.74, 6) is 0.112. The molecule has 1 saturated heterocycles. The highest BCUT2D eigenvalue weighted by Gasteiger charge is 2.22. The molecule has 1 fully saturated rings. The minimum absolute atomic E-state index is 0. The highest BCUT2D eigenvalue weighted by atomic mass is 35.5. The maximum atomic E-state index is 12.2. The van der Waals surface area contributed by atoms with E-state index in [0.29, 0.717) is 26.2 Å². The molecule has 0 saturated carbocycles. The Kier molecular flexibility index (Phi) is 8.18. The van der Waals surface area contributed by atoms with Gasteiger partial charge in [-0.2, -0.15) is 0 Å². The van der Waals surface area contributed by atoms with Crippen molar-refractivity contribution >= 4 is 29.9 Å². The molecule has 1 aromatic carbocycles. The number of carbonyl (C=O) groups is 2. The minimum atomic E-state index is -0.00583. The summed E-state index contributed by atoms with van der Waals surface area (Å²) in [6, 6.07) is 5.91. The molecule has 1 aromatic rings. The van der Waals surface area contributed by atoms with Crippen molar-refractivity contribution in [1.29, 1.82) is 0 Å². The van der Waals surface area contributed by atoms with E-state index in [4.69, 9.17) is 0 Å². The van der Waals surface area contributed by atoms with Crippen molar-refractivity contribution in [2.75, 3.05) is 51.6 Å². The Labute approximate surface area is 150 Å². The van der Waals surface area contributed by atoms with Gasteiger partial charge < -0.3 is 15.5 Å². The third-order valence-corrected chi connectivity index (χ3v) is 4.30. The maximum Gasteiger partial charge on any atom is 0.238 e. The zero-order chi connectivity index (χ0) is 16.8. The van der Waals surface area contributed by atoms with E-state index in [2.05, 4.69) is 15.5 Å². The molecule has 0 aliphatic carbocycles. The summed E-state index contributed by atoms with van der Waals surface area (Å²) in [5, 5.41) is 5.86. The van der Waals surface area contributed by atoms with E-state index in [9.17, 15) is 9.59 Å². The summed E-state index contributed by atoms with van der Waals surface area (Å²) >= 11 is 0. The molecule has 0 radical (unpaired) electrons. The van der Waals surface area contributed by atoms with Crippen LogP contribution in [0.25, 0.3) is 0 Å². The Morgan fingerprint density at radius 1 is 1.12 bits per heavy atom. The van der Waals surface area contributed by atoms with Crippen molar-refractivity contribution in [2.24, 2.45) is 0 Å². The fraction of sp³-hybridized carbons (Fsp3) is 0.529. The van der Waals surface area contributed by atoms with Gasteiger partial charge in [0.2, 0.25) is 11.8 Å². The predicted molar refractivity (Wildman–Crippen MR) is 98.7 cm³/mol. The van der Waals surface area contributed by atoms with Crippen LogP contribution in [0.3, 0.4) is 0 Å². The first-order chi connectivity index (χ1) is 11.0. The number of carbonyl (C=O) groups excluding carboxylic acids is 2. The molecule has 2 amide bonds. The second kappa shape index (κ2) is 9.61. The van der Waals surface area contributed by atoms with Gasteiger partial charge >= 0.3 is 0 Å². The molecule has 1 aliphatic heterocycles. The van der Waals surface area contributed by atoms with Crippen molar-refractivity contribution in [3.05, 3.63) is 29.3 Å². The minimum Gasteiger partial charge on any atom is -0.339 e. The molecule has 6 nitrogen and oxygen atoms in total. The molecule has 1 heterocycles. The summed E-state index contributed by atoms with van der Waals surface area (Å²) in [4.78, 5) is 28.0. The molecular weight excluding hydrogens is 328 g/mol. The van der Waals surface area contributed by atoms with Gasteiger partial charge in [0.25, 0.3) is 0 Å². The van der Waals surface area contributed by atoms with Crippen molar-refractivity contribution in [3.63, 3.8) is 0 Å². The van der Waals surface area contributed by atoms with Gasteiger partial charge in [-0.25, -0.2) is 0 Å². The van der Waals surface area contributed by atoms with Crippen LogP contribution in [0.5, 0.6) is 0 Å². The van der Waals surface area contributed by atoms with Crippen LogP contribution in [0.15, 0.2) is 18.2 Å². The van der Waals surface area contributed by atoms with E-state index in [0.717, 1.165) is 24.3 Å². The fourth-order valence-electron chi connectivity index (χ4n) is 2.70. The molecule has 2 N–H and O–H groups in total. The van der Waals surface area contributed by atoms with Gasteiger partial charge in [-0.05, 0) is 38.1 Å². The lowest BCUT2D eigenvalue weighted by molar-refractivity contribution is -0.132. The second-order valence-corrected chi connectivity index (χ2v) is 5.98. The summed E-state index contributed by atoms with van der Waals surface area (Å²) in [7, 11) is 1.77. The summed E-state index contributed by atoms with van der Waals surface area (Å²) < 4.78 is 0. The molecule has 0 bridgehead atoms. The summed E-state index contributed by atoms with van der Waals surface area (Å²) in [5.41, 5.74) is 3.14. The van der Waals surface area contributed by atoms with E-state index < -0.39 is 0 Å². The van der Waals surface area contributed by atoms with Crippen LogP contribution in [0.2, 0.25) is 0 Å². The van der Waals surface area contributed by atoms with Crippen molar-refractivity contribution in [3.8, 4) is 0 Å². The Morgan fingerprint density at radius 3 is 2.42 bits per heavy atom. The number of anilines is 1. The monoisotopic (exact) mass is 354 g/mol. The van der Waals surface area contributed by atoms with Gasteiger partial charge in [-0.1, -0.05) is 12.1 Å². The average Bonchev–Trinajstić information content (AvgIpc) is 2.53. The van der Waals surface area contributed by atoms with E-state index in [1.165, 1.54) is 5.56 Å². The number of likely N-dealkylation sites (N-methyl/N-ethyl adjacent to an activating group) is 1. The molecule has 7 heteroatoms. The Bertz CT molecular complexity index is 572. The molecule has 0 spiro atoms. The topological polar surface area (TPSA) is 64.7 Å². The Morgan fingerprint density at radius 2 is 1.79 bits per heavy atom. The molecule has 0 atom stereocenters. The first-order valence-corrected chi connectivity index (χ1v) is 8.02. The number of nitrogens with one attached hydrogen (secondary N) is 2. The Hall–Kier alpha value is -1.63. The number of aryl methyl sites for hydroxylation is 1. The van der Waals surface area contributed by atoms with Crippen LogP contribution in [0, 0.1) is 13.8 Å². The van der Waals surface area contributed by atoms with Crippen LogP contribution in [0.4, 0.5) is 5.69 Å². The van der Waals surface area contributed by atoms with Crippen molar-refractivity contribution < 1.29 is 9.59 Å². The number of piperazine rings is 1. The van der Waals surface area contributed by atoms with E-state index in [1.807, 2.05) is 36.9 Å². The van der Waals surface area contributed by atoms with Crippen LogP contribution < -0.4 is 10.6 Å². The number of hydrogen-bond donors (Lipinski definition) is 2. The first-order valence-electron chi connectivity index (χ1n) is 8.02. The SMILES string of the molecule is CNCC(=O)N1CCN(CC(=O)Nc2cccc(C)c2C)CC1.Cl. The van der Waals surface area contributed by atoms with Gasteiger partial charge in [-0.15, -0.1) is 12.4 Å². The number of hydrogen-bond acceptors (Lipinski definition) is 4. The lowest BCUT2D eigenvalue weighted by atomic mass is 10.1. The van der Waals surface area contributed by atoms with Crippen LogP contribution >= 0.6 is 12.4 Å². The van der Waals surface area contributed by atoms with Gasteiger partial charge in [-0.3, -0.25) is 14.5 Å². The fourth-order valence-corrected chi connectivity index (χ4v) is 2.70. The van der Waals surface area contributed by atoms with Gasteiger partial charge in [0.15, 0.2) is 0 Å². The van der Waals surface area contributed by atoms with Gasteiger partial charge in [0, 0.05) is 31.9 Å². The lowest BCUT2D eigenvalue weighted by Crippen LogP contribution is -2.52. The first kappa shape index (κ1) is 20.4. The largest absolute Gasteiger partial charge is 0.339 e. The average molecular weight is 355 g/mol. The van der Waals surface area contributed by atoms with E-state index in [1.54, 1.807) is 7.05 Å². The second-order valence-electron chi connectivity index (χ2n) is 5.98. The van der Waals surface area contributed by atoms with Crippen molar-refractivity contribution in [1.82, 2.24) is 15.1 Å². The molecular formula is C17H27ClN4O2. The quantitative estimate of drug-likeness (QED) is 0.829. The smallest absolute Gasteiger partial charge is 0.238 e. The summed E-state index contributed by atoms with van der Waals surface area (Å²) in [6.07, 6.45) is 0. The normalized spacial score (nSPS) is 14.9. The zero-order valence-electron chi connectivity index (χ0n) is 14.6. The lowest BCUT2D eigenvalue weighted by Gasteiger charge is -2.34. The highest BCUT2D eigenvalue weighted by Crippen LogP contribution is 2.17. The van der Waals surface area contributed by atoms with Crippen LogP contribution in [-0.2, 0) is 9.59 Å². The van der Waals surface area contributed by atoms with Gasteiger partial charge in [0.05, 0.1) is 13.1 Å². The zero-order valence-corrected chi connectivity index (χ0v) is 15.4. The van der Waals surface area contributed by atoms with Crippen molar-refractivity contribution in [2.45, 2.75) is 13.8 Å². The molecule has 24 heavy (non-hydrogen) atoms. The number of benzene rings is 1. The third-order valence-electron chi connectivity index (χ3n) is 4.30. The van der Waals surface area contributed by atoms with Crippen LogP contribution in [0.1, 0.15) is 11.1 Å². The summed E-state index contributed by atoms with van der Waals surface area (Å²) in [6.45, 7) is 7.60. The molecule has 0 aromatic heterocycles. The molecule has 0 unspecified atom stereocenters. The van der Waals surface area contributed by atoms with Gasteiger partial charge in [0.1, 0.15) is 0 Å². The Balaban J connectivity index is 0.00000288. The highest BCUT2D eigenvalue weighted by molar-refractivity contribution is 5.93. The maximum absolute atomic E-state index is 12.2. The molecule has 1 aliphatic rings. The number of amides is 2. The molecule has 134 valence electrons. The third kappa shape index (κ3) is 5.47. The van der Waals surface area contributed by atoms with Crippen LogP contribution in [-0.4, -0.2) is 67.9 Å². The van der Waals surface area contributed by atoms with E-state index >= 15 is 0 Å². The van der Waals surface area contributed by atoms with E-state index in [-0.39, 0.29) is 24.2 Å². The predicted octanol–water partition coefficient (Wildman–Crippen LogP) is 1.03. The standard InChI is InChI=1S/C17H26N4O2.ClH/c1-13-5-4-6-15(14(13)2)19-16(22)12-20-7-9-21(10-8-20)17(23)11-18-3;/h4-6,18H,7-12H2,1-3H3,(H,19,22);1H.